The summed E-state index contributed by atoms with van der Waals surface area (Å²) >= 11 is 11.8. The van der Waals surface area contributed by atoms with Crippen LogP contribution < -0.4 is 0 Å². The summed E-state index contributed by atoms with van der Waals surface area (Å²) < 4.78 is 0. The molecule has 3 atom stereocenters. The van der Waals surface area contributed by atoms with Crippen molar-refractivity contribution in [2.24, 2.45) is 11.8 Å². The topological polar surface area (TPSA) is 53.4 Å². The van der Waals surface area contributed by atoms with Crippen LogP contribution in [0.1, 0.15) is 17.9 Å². The molecule has 1 saturated carbocycles. The highest BCUT2D eigenvalue weighted by Gasteiger charge is 2.48. The quantitative estimate of drug-likeness (QED) is 0.807. The molecule has 1 amide bonds. The number of likely N-dealkylation sites (tertiary alicyclic amines) is 1. The molecule has 2 heterocycles. The number of fused-ring (bicyclic) bond motifs is 1. The van der Waals surface area contributed by atoms with Gasteiger partial charge in [-0.2, -0.15) is 0 Å². The highest BCUT2D eigenvalue weighted by atomic mass is 35.5. The lowest BCUT2D eigenvalue weighted by Gasteiger charge is -2.39. The SMILES string of the molecule is O=C(O)N1CC2CC(c3cnc(Cl)c(Cl)c3)C2C1. The Bertz CT molecular complexity index is 509. The van der Waals surface area contributed by atoms with Crippen LogP contribution in [0.25, 0.3) is 0 Å². The zero-order valence-electron chi connectivity index (χ0n) is 9.51. The number of carbonyl (C=O) groups is 1. The molecule has 3 rings (SSSR count). The third-order valence-corrected chi connectivity index (χ3v) is 4.77. The Morgan fingerprint density at radius 1 is 1.44 bits per heavy atom. The number of aromatic nitrogens is 1. The van der Waals surface area contributed by atoms with Gasteiger partial charge >= 0.3 is 6.09 Å². The van der Waals surface area contributed by atoms with Crippen LogP contribution >= 0.6 is 23.2 Å². The second kappa shape index (κ2) is 4.28. The van der Waals surface area contributed by atoms with Crippen LogP contribution in [0.3, 0.4) is 0 Å². The molecule has 4 nitrogen and oxygen atoms in total. The number of hydrogen-bond donors (Lipinski definition) is 1. The van der Waals surface area contributed by atoms with Gasteiger partial charge < -0.3 is 10.0 Å². The van der Waals surface area contributed by atoms with Crippen molar-refractivity contribution in [3.63, 3.8) is 0 Å². The monoisotopic (exact) mass is 286 g/mol. The molecule has 6 heteroatoms. The van der Waals surface area contributed by atoms with E-state index in [1.165, 1.54) is 4.90 Å². The minimum Gasteiger partial charge on any atom is -0.465 e. The summed E-state index contributed by atoms with van der Waals surface area (Å²) in [5.74, 6) is 1.25. The summed E-state index contributed by atoms with van der Waals surface area (Å²) in [5.41, 5.74) is 1.07. The molecule has 1 N–H and O–H groups in total. The van der Waals surface area contributed by atoms with Crippen molar-refractivity contribution in [3.05, 3.63) is 28.0 Å². The number of rotatable bonds is 1. The molecule has 3 unspecified atom stereocenters. The van der Waals surface area contributed by atoms with E-state index in [2.05, 4.69) is 4.98 Å². The second-order valence-corrected chi connectivity index (χ2v) is 5.76. The zero-order chi connectivity index (χ0) is 12.9. The van der Waals surface area contributed by atoms with Crippen molar-refractivity contribution >= 4 is 29.3 Å². The smallest absolute Gasteiger partial charge is 0.407 e. The molecule has 1 aromatic heterocycles. The fourth-order valence-corrected chi connectivity index (χ4v) is 3.36. The Morgan fingerprint density at radius 2 is 2.22 bits per heavy atom. The third kappa shape index (κ3) is 1.84. The first kappa shape index (κ1) is 12.1. The van der Waals surface area contributed by atoms with Crippen LogP contribution in [0.15, 0.2) is 12.3 Å². The van der Waals surface area contributed by atoms with Gasteiger partial charge in [-0.15, -0.1) is 0 Å². The average Bonchev–Trinajstić information content (AvgIpc) is 2.62. The van der Waals surface area contributed by atoms with Crippen LogP contribution in [0, 0.1) is 11.8 Å². The van der Waals surface area contributed by atoms with E-state index in [-0.39, 0.29) is 0 Å². The second-order valence-electron chi connectivity index (χ2n) is 4.99. The summed E-state index contributed by atoms with van der Waals surface area (Å²) in [6.07, 6.45) is 1.93. The van der Waals surface area contributed by atoms with Gasteiger partial charge in [0.25, 0.3) is 0 Å². The molecular weight excluding hydrogens is 275 g/mol. The van der Waals surface area contributed by atoms with Gasteiger partial charge in [0, 0.05) is 19.3 Å². The normalized spacial score (nSPS) is 29.9. The third-order valence-electron chi connectivity index (χ3n) is 4.08. The van der Waals surface area contributed by atoms with Crippen LogP contribution in [-0.4, -0.2) is 34.2 Å². The summed E-state index contributed by atoms with van der Waals surface area (Å²) in [6, 6.07) is 1.85. The number of nitrogens with zero attached hydrogens (tertiary/aromatic N) is 2. The fourth-order valence-electron chi connectivity index (χ4n) is 3.09. The maximum absolute atomic E-state index is 10.9. The molecular formula is C12H12Cl2N2O2. The van der Waals surface area contributed by atoms with E-state index in [0.717, 1.165) is 12.0 Å². The van der Waals surface area contributed by atoms with Crippen molar-refractivity contribution in [3.8, 4) is 0 Å². The largest absolute Gasteiger partial charge is 0.465 e. The first-order valence-electron chi connectivity index (χ1n) is 5.85. The van der Waals surface area contributed by atoms with Gasteiger partial charge in [-0.05, 0) is 35.8 Å². The van der Waals surface area contributed by atoms with Crippen molar-refractivity contribution in [1.82, 2.24) is 9.88 Å². The van der Waals surface area contributed by atoms with Gasteiger partial charge in [0.2, 0.25) is 0 Å². The minimum absolute atomic E-state index is 0.315. The summed E-state index contributed by atoms with van der Waals surface area (Å²) in [4.78, 5) is 16.5. The number of halogens is 2. The van der Waals surface area contributed by atoms with Gasteiger partial charge in [0.15, 0.2) is 0 Å². The molecule has 18 heavy (non-hydrogen) atoms. The van der Waals surface area contributed by atoms with Gasteiger partial charge in [0.05, 0.1) is 5.02 Å². The lowest BCUT2D eigenvalue weighted by molar-refractivity contribution is 0.154. The Hall–Kier alpha value is -1.000. The van der Waals surface area contributed by atoms with Gasteiger partial charge in [-0.3, -0.25) is 0 Å². The number of pyridine rings is 1. The van der Waals surface area contributed by atoms with Crippen LogP contribution in [0.2, 0.25) is 10.2 Å². The summed E-state index contributed by atoms with van der Waals surface area (Å²) in [7, 11) is 0. The predicted octanol–water partition coefficient (Wildman–Crippen LogP) is 3.10. The molecule has 96 valence electrons. The zero-order valence-corrected chi connectivity index (χ0v) is 11.0. The highest BCUT2D eigenvalue weighted by molar-refractivity contribution is 6.41. The molecule has 0 bridgehead atoms. The Kier molecular flexibility index (Phi) is 2.87. The Labute approximate surface area is 115 Å². The van der Waals surface area contributed by atoms with Gasteiger partial charge in [-0.25, -0.2) is 9.78 Å². The highest BCUT2D eigenvalue weighted by Crippen LogP contribution is 2.51. The van der Waals surface area contributed by atoms with Crippen molar-refractivity contribution in [2.45, 2.75) is 12.3 Å². The standard InChI is InChI=1S/C12H12Cl2N2O2/c13-10-2-6(3-15-11(10)14)8-1-7-4-16(12(17)18)5-9(7)8/h2-3,7-9H,1,4-5H2,(H,17,18). The molecule has 1 aromatic rings. The van der Waals surface area contributed by atoms with Crippen molar-refractivity contribution in [2.75, 3.05) is 13.1 Å². The number of amides is 1. The molecule has 0 aromatic carbocycles. The molecule has 1 saturated heterocycles. The fraction of sp³-hybridized carbons (Fsp3) is 0.500. The van der Waals surface area contributed by atoms with Crippen LogP contribution in [0.4, 0.5) is 4.79 Å². The first-order chi connectivity index (χ1) is 8.56. The molecule has 2 fully saturated rings. The number of hydrogen-bond acceptors (Lipinski definition) is 2. The van der Waals surface area contributed by atoms with Gasteiger partial charge in [-0.1, -0.05) is 23.2 Å². The lowest BCUT2D eigenvalue weighted by atomic mass is 9.64. The molecule has 0 spiro atoms. The van der Waals surface area contributed by atoms with Crippen molar-refractivity contribution in [1.29, 1.82) is 0 Å². The lowest BCUT2D eigenvalue weighted by Crippen LogP contribution is -2.33. The van der Waals surface area contributed by atoms with E-state index in [1.807, 2.05) is 6.07 Å². The van der Waals surface area contributed by atoms with E-state index in [9.17, 15) is 4.79 Å². The van der Waals surface area contributed by atoms with E-state index >= 15 is 0 Å². The Morgan fingerprint density at radius 3 is 2.89 bits per heavy atom. The van der Waals surface area contributed by atoms with Crippen molar-refractivity contribution < 1.29 is 9.90 Å². The van der Waals surface area contributed by atoms with Gasteiger partial charge in [0.1, 0.15) is 5.15 Å². The maximum Gasteiger partial charge on any atom is 0.407 e. The average molecular weight is 287 g/mol. The number of carboxylic acid groups (broad SMARTS) is 1. The van der Waals surface area contributed by atoms with Crippen LogP contribution in [-0.2, 0) is 0 Å². The molecule has 1 aliphatic carbocycles. The minimum atomic E-state index is -0.824. The molecule has 0 radical (unpaired) electrons. The van der Waals surface area contributed by atoms with E-state index in [0.29, 0.717) is 41.0 Å². The van der Waals surface area contributed by atoms with E-state index < -0.39 is 6.09 Å². The molecule has 2 aliphatic rings. The van der Waals surface area contributed by atoms with E-state index in [4.69, 9.17) is 28.3 Å². The summed E-state index contributed by atoms with van der Waals surface area (Å²) in [5, 5.41) is 9.77. The Balaban J connectivity index is 1.77. The maximum atomic E-state index is 10.9. The first-order valence-corrected chi connectivity index (χ1v) is 6.60. The summed E-state index contributed by atoms with van der Waals surface area (Å²) in [6.45, 7) is 1.27. The van der Waals surface area contributed by atoms with Crippen LogP contribution in [0.5, 0.6) is 0 Å². The van der Waals surface area contributed by atoms with E-state index in [1.54, 1.807) is 6.20 Å². The predicted molar refractivity (Wildman–Crippen MR) is 68.2 cm³/mol. The molecule has 1 aliphatic heterocycles.